The Morgan fingerprint density at radius 3 is 3.00 bits per heavy atom. The molecule has 1 N–H and O–H groups in total. The summed E-state index contributed by atoms with van der Waals surface area (Å²) in [6, 6.07) is 0.719. The second-order valence-corrected chi connectivity index (χ2v) is 7.54. The Kier molecular flexibility index (Phi) is 5.26. The molecule has 4 nitrogen and oxygen atoms in total. The molecule has 3 aliphatic rings. The van der Waals surface area contributed by atoms with Gasteiger partial charge in [-0.3, -0.25) is 9.80 Å². The Hall–Kier alpha value is 0.190. The summed E-state index contributed by atoms with van der Waals surface area (Å²) in [5, 5.41) is 9.09. The summed E-state index contributed by atoms with van der Waals surface area (Å²) in [4.78, 5) is 5.10. The molecular formula is C15H28N2O2S. The first-order chi connectivity index (χ1) is 9.81. The highest BCUT2D eigenvalue weighted by Gasteiger charge is 2.42. The molecule has 3 aliphatic heterocycles. The zero-order valence-corrected chi connectivity index (χ0v) is 13.2. The summed E-state index contributed by atoms with van der Waals surface area (Å²) in [5.74, 6) is 2.48. The van der Waals surface area contributed by atoms with Crippen LogP contribution >= 0.6 is 11.8 Å². The van der Waals surface area contributed by atoms with Gasteiger partial charge in [-0.1, -0.05) is 0 Å². The summed E-state index contributed by atoms with van der Waals surface area (Å²) in [6.45, 7) is 6.70. The number of thioether (sulfide) groups is 1. The first-order valence-corrected chi connectivity index (χ1v) is 9.26. The molecule has 3 fully saturated rings. The van der Waals surface area contributed by atoms with E-state index in [0.717, 1.165) is 38.8 Å². The number of β-amino-alcohol motifs (C(OH)–C–C–N with tert-alkyl or cyclic N) is 1. The van der Waals surface area contributed by atoms with Gasteiger partial charge in [-0.2, -0.15) is 11.8 Å². The number of ether oxygens (including phenoxy) is 1. The molecule has 2 atom stereocenters. The number of rotatable bonds is 3. The van der Waals surface area contributed by atoms with E-state index in [2.05, 4.69) is 21.6 Å². The third kappa shape index (κ3) is 3.50. The summed E-state index contributed by atoms with van der Waals surface area (Å²) in [5.41, 5.74) is 0.199. The Morgan fingerprint density at radius 2 is 2.20 bits per heavy atom. The first kappa shape index (κ1) is 15.1. The minimum Gasteiger partial charge on any atom is -0.395 e. The van der Waals surface area contributed by atoms with Crippen LogP contribution in [0.5, 0.6) is 0 Å². The quantitative estimate of drug-likeness (QED) is 0.843. The lowest BCUT2D eigenvalue weighted by Gasteiger charge is -2.42. The van der Waals surface area contributed by atoms with Gasteiger partial charge in [0.25, 0.3) is 0 Å². The van der Waals surface area contributed by atoms with Crippen LogP contribution in [0.15, 0.2) is 0 Å². The van der Waals surface area contributed by atoms with Gasteiger partial charge >= 0.3 is 0 Å². The van der Waals surface area contributed by atoms with Gasteiger partial charge in [0.15, 0.2) is 0 Å². The lowest BCUT2D eigenvalue weighted by Crippen LogP contribution is -2.49. The van der Waals surface area contributed by atoms with Crippen molar-refractivity contribution < 1.29 is 9.84 Å². The Bertz CT molecular complexity index is 310. The Morgan fingerprint density at radius 1 is 1.25 bits per heavy atom. The van der Waals surface area contributed by atoms with E-state index in [4.69, 9.17) is 9.84 Å². The van der Waals surface area contributed by atoms with Crippen molar-refractivity contribution in [1.82, 2.24) is 9.80 Å². The Labute approximate surface area is 126 Å². The van der Waals surface area contributed by atoms with Crippen LogP contribution in [-0.4, -0.2) is 84.0 Å². The number of hydrogen-bond donors (Lipinski definition) is 1. The third-order valence-electron chi connectivity index (χ3n) is 5.09. The largest absolute Gasteiger partial charge is 0.395 e. The minimum absolute atomic E-state index is 0.199. The molecule has 3 heterocycles. The van der Waals surface area contributed by atoms with E-state index < -0.39 is 0 Å². The number of aliphatic hydroxyl groups is 1. The van der Waals surface area contributed by atoms with E-state index in [-0.39, 0.29) is 12.2 Å². The van der Waals surface area contributed by atoms with Crippen LogP contribution in [-0.2, 0) is 4.74 Å². The molecule has 0 aromatic carbocycles. The number of nitrogens with zero attached hydrogens (tertiary/aromatic N) is 2. The predicted octanol–water partition coefficient (Wildman–Crippen LogP) is 1.04. The van der Waals surface area contributed by atoms with Crippen molar-refractivity contribution in [2.24, 2.45) is 0 Å². The van der Waals surface area contributed by atoms with Gasteiger partial charge < -0.3 is 9.84 Å². The maximum atomic E-state index is 9.09. The fourth-order valence-corrected chi connectivity index (χ4v) is 5.28. The van der Waals surface area contributed by atoms with Gasteiger partial charge in [-0.25, -0.2) is 0 Å². The second-order valence-electron chi connectivity index (χ2n) is 6.44. The normalized spacial score (nSPS) is 37.4. The molecule has 3 saturated heterocycles. The van der Waals surface area contributed by atoms with E-state index in [9.17, 15) is 0 Å². The molecule has 5 heteroatoms. The highest BCUT2D eigenvalue weighted by Crippen LogP contribution is 2.39. The number of aliphatic hydroxyl groups excluding tert-OH is 1. The standard InChI is InChI=1S/C15H28N2O2S/c18-9-8-16-4-1-5-17(7-6-16)14-2-10-19-15(12-14)3-11-20-13-15/h14,18H,1-13H2. The maximum absolute atomic E-state index is 9.09. The highest BCUT2D eigenvalue weighted by atomic mass is 32.2. The van der Waals surface area contributed by atoms with Gasteiger partial charge in [0.2, 0.25) is 0 Å². The molecule has 0 radical (unpaired) electrons. The zero-order valence-electron chi connectivity index (χ0n) is 12.4. The second kappa shape index (κ2) is 6.97. The van der Waals surface area contributed by atoms with Crippen molar-refractivity contribution in [2.45, 2.75) is 37.3 Å². The van der Waals surface area contributed by atoms with Crippen LogP contribution < -0.4 is 0 Å². The van der Waals surface area contributed by atoms with E-state index in [1.165, 1.54) is 43.7 Å². The summed E-state index contributed by atoms with van der Waals surface area (Å²) in [7, 11) is 0. The minimum atomic E-state index is 0.199. The van der Waals surface area contributed by atoms with Crippen molar-refractivity contribution in [3.05, 3.63) is 0 Å². The van der Waals surface area contributed by atoms with Crippen molar-refractivity contribution in [2.75, 3.05) is 57.4 Å². The maximum Gasteiger partial charge on any atom is 0.0795 e. The monoisotopic (exact) mass is 300 g/mol. The van der Waals surface area contributed by atoms with Crippen LogP contribution in [0.3, 0.4) is 0 Å². The third-order valence-corrected chi connectivity index (χ3v) is 6.31. The molecule has 116 valence electrons. The summed E-state index contributed by atoms with van der Waals surface area (Å²) >= 11 is 2.06. The molecule has 2 unspecified atom stereocenters. The fourth-order valence-electron chi connectivity index (χ4n) is 3.90. The van der Waals surface area contributed by atoms with Crippen LogP contribution in [0.2, 0.25) is 0 Å². The van der Waals surface area contributed by atoms with Gasteiger partial charge in [-0.15, -0.1) is 0 Å². The van der Waals surface area contributed by atoms with Crippen LogP contribution in [0.4, 0.5) is 0 Å². The van der Waals surface area contributed by atoms with Gasteiger partial charge in [0, 0.05) is 38.0 Å². The highest BCUT2D eigenvalue weighted by molar-refractivity contribution is 7.99. The van der Waals surface area contributed by atoms with E-state index >= 15 is 0 Å². The lowest BCUT2D eigenvalue weighted by atomic mass is 9.89. The molecule has 0 aromatic rings. The topological polar surface area (TPSA) is 35.9 Å². The molecule has 0 bridgehead atoms. The van der Waals surface area contributed by atoms with Crippen LogP contribution in [0, 0.1) is 0 Å². The van der Waals surface area contributed by atoms with Crippen molar-refractivity contribution in [3.8, 4) is 0 Å². The molecule has 3 rings (SSSR count). The van der Waals surface area contributed by atoms with Gasteiger partial charge in [-0.05, 0) is 44.5 Å². The Balaban J connectivity index is 1.55. The van der Waals surface area contributed by atoms with E-state index in [1.807, 2.05) is 0 Å². The van der Waals surface area contributed by atoms with Gasteiger partial charge in [0.1, 0.15) is 0 Å². The molecule has 0 saturated carbocycles. The average Bonchev–Trinajstić information content (AvgIpc) is 2.76. The SMILES string of the molecule is OCCN1CCCN(C2CCOC3(CCSC3)C2)CC1. The van der Waals surface area contributed by atoms with Crippen molar-refractivity contribution >= 4 is 11.8 Å². The lowest BCUT2D eigenvalue weighted by molar-refractivity contribution is -0.0890. The molecule has 0 aromatic heterocycles. The smallest absolute Gasteiger partial charge is 0.0795 e. The summed E-state index contributed by atoms with van der Waals surface area (Å²) in [6.07, 6.45) is 4.92. The molecular weight excluding hydrogens is 272 g/mol. The molecule has 0 amide bonds. The van der Waals surface area contributed by atoms with Crippen LogP contribution in [0.25, 0.3) is 0 Å². The van der Waals surface area contributed by atoms with Crippen molar-refractivity contribution in [1.29, 1.82) is 0 Å². The zero-order chi connectivity index (χ0) is 13.8. The van der Waals surface area contributed by atoms with E-state index in [0.29, 0.717) is 0 Å². The van der Waals surface area contributed by atoms with Crippen molar-refractivity contribution in [3.63, 3.8) is 0 Å². The molecule has 0 aliphatic carbocycles. The molecule has 20 heavy (non-hydrogen) atoms. The predicted molar refractivity (Wildman–Crippen MR) is 83.4 cm³/mol. The van der Waals surface area contributed by atoms with E-state index in [1.54, 1.807) is 0 Å². The fraction of sp³-hybridized carbons (Fsp3) is 1.00. The van der Waals surface area contributed by atoms with Crippen LogP contribution in [0.1, 0.15) is 25.7 Å². The molecule has 1 spiro atoms. The average molecular weight is 300 g/mol. The number of hydrogen-bond acceptors (Lipinski definition) is 5. The van der Waals surface area contributed by atoms with Gasteiger partial charge in [0.05, 0.1) is 12.2 Å². The summed E-state index contributed by atoms with van der Waals surface area (Å²) < 4.78 is 6.15. The first-order valence-electron chi connectivity index (χ1n) is 8.10.